The monoisotopic (exact) mass is 304 g/mol. The molecule has 1 aromatic carbocycles. The fraction of sp³-hybridized carbons (Fsp3) is 0.312. The Balaban J connectivity index is 2.25. The molecule has 2 aromatic rings. The van der Waals surface area contributed by atoms with Gasteiger partial charge in [0.2, 0.25) is 0 Å². The van der Waals surface area contributed by atoms with Gasteiger partial charge < -0.3 is 15.4 Å². The van der Waals surface area contributed by atoms with Crippen molar-refractivity contribution < 1.29 is 9.53 Å². The van der Waals surface area contributed by atoms with Crippen molar-refractivity contribution in [2.45, 2.75) is 20.4 Å². The topological polar surface area (TPSA) is 55.6 Å². The van der Waals surface area contributed by atoms with E-state index in [1.807, 2.05) is 19.2 Å². The Morgan fingerprint density at radius 1 is 1.38 bits per heavy atom. The standard InChI is InChI=1S/C16H20N2O2S/c1-4-20-13-7-5-6-12(17)15(13)16(19)18(3)10-14-11(2)8-9-21-14/h5-9H,4,10,17H2,1-3H3. The quantitative estimate of drug-likeness (QED) is 0.862. The highest BCUT2D eigenvalue weighted by Crippen LogP contribution is 2.27. The van der Waals surface area contributed by atoms with Gasteiger partial charge in [-0.05, 0) is 43.0 Å². The van der Waals surface area contributed by atoms with E-state index in [0.29, 0.717) is 30.2 Å². The number of nitrogen functional groups attached to an aromatic ring is 1. The van der Waals surface area contributed by atoms with Gasteiger partial charge in [-0.3, -0.25) is 4.79 Å². The second kappa shape index (κ2) is 6.63. The summed E-state index contributed by atoms with van der Waals surface area (Å²) in [7, 11) is 1.78. The fourth-order valence-corrected chi connectivity index (χ4v) is 3.06. The molecule has 0 bridgehead atoms. The van der Waals surface area contributed by atoms with Crippen molar-refractivity contribution in [3.8, 4) is 5.75 Å². The Labute approximate surface area is 129 Å². The van der Waals surface area contributed by atoms with Gasteiger partial charge in [0.15, 0.2) is 0 Å². The van der Waals surface area contributed by atoms with E-state index in [-0.39, 0.29) is 5.91 Å². The second-order valence-electron chi connectivity index (χ2n) is 4.84. The number of aryl methyl sites for hydroxylation is 1. The van der Waals surface area contributed by atoms with E-state index >= 15 is 0 Å². The van der Waals surface area contributed by atoms with Crippen LogP contribution in [0.2, 0.25) is 0 Å². The SMILES string of the molecule is CCOc1cccc(N)c1C(=O)N(C)Cc1sccc1C. The summed E-state index contributed by atoms with van der Waals surface area (Å²) in [6.07, 6.45) is 0. The predicted octanol–water partition coefficient (Wildman–Crippen LogP) is 3.31. The van der Waals surface area contributed by atoms with Crippen LogP contribution >= 0.6 is 11.3 Å². The van der Waals surface area contributed by atoms with Crippen LogP contribution in [0.1, 0.15) is 27.7 Å². The molecule has 1 amide bonds. The van der Waals surface area contributed by atoms with Gasteiger partial charge in [-0.2, -0.15) is 0 Å². The molecule has 2 rings (SSSR count). The Morgan fingerprint density at radius 2 is 2.14 bits per heavy atom. The molecule has 5 heteroatoms. The molecular weight excluding hydrogens is 284 g/mol. The largest absolute Gasteiger partial charge is 0.493 e. The molecule has 0 atom stereocenters. The molecule has 1 heterocycles. The number of rotatable bonds is 5. The lowest BCUT2D eigenvalue weighted by molar-refractivity contribution is 0.0783. The highest BCUT2D eigenvalue weighted by atomic mass is 32.1. The molecule has 112 valence electrons. The number of hydrogen-bond donors (Lipinski definition) is 1. The maximum absolute atomic E-state index is 12.7. The fourth-order valence-electron chi connectivity index (χ4n) is 2.10. The third-order valence-corrected chi connectivity index (χ3v) is 4.28. The van der Waals surface area contributed by atoms with Crippen molar-refractivity contribution in [2.24, 2.45) is 0 Å². The molecule has 0 radical (unpaired) electrons. The average molecular weight is 304 g/mol. The average Bonchev–Trinajstić information content (AvgIpc) is 2.84. The van der Waals surface area contributed by atoms with Crippen molar-refractivity contribution in [3.63, 3.8) is 0 Å². The smallest absolute Gasteiger partial charge is 0.259 e. The zero-order valence-electron chi connectivity index (χ0n) is 12.6. The number of carbonyl (C=O) groups is 1. The van der Waals surface area contributed by atoms with Crippen molar-refractivity contribution in [1.82, 2.24) is 4.90 Å². The Bertz CT molecular complexity index is 637. The maximum Gasteiger partial charge on any atom is 0.259 e. The highest BCUT2D eigenvalue weighted by molar-refractivity contribution is 7.10. The summed E-state index contributed by atoms with van der Waals surface area (Å²) in [4.78, 5) is 15.5. The van der Waals surface area contributed by atoms with Crippen LogP contribution in [0.3, 0.4) is 0 Å². The normalized spacial score (nSPS) is 10.4. The first-order valence-corrected chi connectivity index (χ1v) is 7.72. The van der Waals surface area contributed by atoms with Crippen LogP contribution in [0, 0.1) is 6.92 Å². The number of hydrogen-bond acceptors (Lipinski definition) is 4. The van der Waals surface area contributed by atoms with Crippen molar-refractivity contribution in [3.05, 3.63) is 45.6 Å². The number of nitrogens with two attached hydrogens (primary N) is 1. The molecule has 0 saturated heterocycles. The molecule has 1 aromatic heterocycles. The highest BCUT2D eigenvalue weighted by Gasteiger charge is 2.20. The lowest BCUT2D eigenvalue weighted by Crippen LogP contribution is -2.27. The Kier molecular flexibility index (Phi) is 4.85. The zero-order chi connectivity index (χ0) is 15.4. The van der Waals surface area contributed by atoms with E-state index in [2.05, 4.69) is 6.07 Å². The molecule has 0 aliphatic heterocycles. The number of carbonyl (C=O) groups excluding carboxylic acids is 1. The van der Waals surface area contributed by atoms with E-state index in [4.69, 9.17) is 10.5 Å². The molecule has 0 saturated carbocycles. The first kappa shape index (κ1) is 15.4. The van der Waals surface area contributed by atoms with E-state index < -0.39 is 0 Å². The van der Waals surface area contributed by atoms with Gasteiger partial charge in [-0.15, -0.1) is 11.3 Å². The summed E-state index contributed by atoms with van der Waals surface area (Å²) >= 11 is 1.65. The molecule has 0 unspecified atom stereocenters. The van der Waals surface area contributed by atoms with Crippen LogP contribution in [0.25, 0.3) is 0 Å². The van der Waals surface area contributed by atoms with Gasteiger partial charge in [0.05, 0.1) is 13.2 Å². The lowest BCUT2D eigenvalue weighted by atomic mass is 10.1. The van der Waals surface area contributed by atoms with Crippen molar-refractivity contribution in [2.75, 3.05) is 19.4 Å². The molecule has 0 spiro atoms. The predicted molar refractivity (Wildman–Crippen MR) is 86.9 cm³/mol. The van der Waals surface area contributed by atoms with Crippen molar-refractivity contribution in [1.29, 1.82) is 0 Å². The number of benzene rings is 1. The van der Waals surface area contributed by atoms with Gasteiger partial charge in [0.1, 0.15) is 11.3 Å². The van der Waals surface area contributed by atoms with E-state index in [1.54, 1.807) is 41.5 Å². The third-order valence-electron chi connectivity index (χ3n) is 3.27. The Morgan fingerprint density at radius 3 is 2.76 bits per heavy atom. The summed E-state index contributed by atoms with van der Waals surface area (Å²) in [5.41, 5.74) is 8.05. The van der Waals surface area contributed by atoms with Crippen LogP contribution in [0.5, 0.6) is 5.75 Å². The van der Waals surface area contributed by atoms with Gasteiger partial charge in [0, 0.05) is 17.6 Å². The number of amides is 1. The first-order valence-electron chi connectivity index (χ1n) is 6.84. The van der Waals surface area contributed by atoms with E-state index in [9.17, 15) is 4.79 Å². The summed E-state index contributed by atoms with van der Waals surface area (Å²) in [5.74, 6) is 0.418. The number of ether oxygens (including phenoxy) is 1. The molecule has 0 aliphatic carbocycles. The van der Waals surface area contributed by atoms with Gasteiger partial charge >= 0.3 is 0 Å². The van der Waals surface area contributed by atoms with Crippen LogP contribution in [-0.4, -0.2) is 24.5 Å². The molecule has 4 nitrogen and oxygen atoms in total. The van der Waals surface area contributed by atoms with Crippen LogP contribution < -0.4 is 10.5 Å². The number of anilines is 1. The first-order chi connectivity index (χ1) is 10.0. The molecule has 2 N–H and O–H groups in total. The summed E-state index contributed by atoms with van der Waals surface area (Å²) in [6.45, 7) is 5.00. The van der Waals surface area contributed by atoms with Crippen molar-refractivity contribution >= 4 is 22.9 Å². The summed E-state index contributed by atoms with van der Waals surface area (Å²) in [5, 5.41) is 2.03. The van der Waals surface area contributed by atoms with E-state index in [0.717, 1.165) is 0 Å². The Hall–Kier alpha value is -2.01. The van der Waals surface area contributed by atoms with Crippen LogP contribution in [-0.2, 0) is 6.54 Å². The lowest BCUT2D eigenvalue weighted by Gasteiger charge is -2.20. The molecule has 0 fully saturated rings. The van der Waals surface area contributed by atoms with Gasteiger partial charge in [0.25, 0.3) is 5.91 Å². The van der Waals surface area contributed by atoms with Gasteiger partial charge in [-0.1, -0.05) is 6.07 Å². The van der Waals surface area contributed by atoms with Gasteiger partial charge in [-0.25, -0.2) is 0 Å². The molecule has 21 heavy (non-hydrogen) atoms. The number of nitrogens with zero attached hydrogens (tertiary/aromatic N) is 1. The summed E-state index contributed by atoms with van der Waals surface area (Å²) in [6, 6.07) is 7.35. The number of thiophene rings is 1. The van der Waals surface area contributed by atoms with Crippen LogP contribution in [0.4, 0.5) is 5.69 Å². The molecular formula is C16H20N2O2S. The minimum atomic E-state index is -0.121. The van der Waals surface area contributed by atoms with E-state index in [1.165, 1.54) is 10.4 Å². The zero-order valence-corrected chi connectivity index (χ0v) is 13.4. The minimum Gasteiger partial charge on any atom is -0.493 e. The maximum atomic E-state index is 12.7. The second-order valence-corrected chi connectivity index (χ2v) is 5.84. The molecule has 0 aliphatic rings. The third kappa shape index (κ3) is 3.36. The summed E-state index contributed by atoms with van der Waals surface area (Å²) < 4.78 is 5.52. The minimum absolute atomic E-state index is 0.121. The van der Waals surface area contributed by atoms with Crippen LogP contribution in [0.15, 0.2) is 29.6 Å².